The van der Waals surface area contributed by atoms with Gasteiger partial charge < -0.3 is 9.47 Å². The molecule has 1 N–H and O–H groups in total. The molecule has 25 heavy (non-hydrogen) atoms. The molecule has 0 unspecified atom stereocenters. The standard InChI is InChI=1S/C18H15FN2O3S/c1-23-13-7-8-14(16(9-13)24-2)17(22)21-18-20-15(10-25-18)11-3-5-12(19)6-4-11/h3-10H,1-2H3,(H,20,21,22). The number of halogens is 1. The number of rotatable bonds is 5. The molecule has 1 aromatic heterocycles. The second kappa shape index (κ2) is 7.31. The summed E-state index contributed by atoms with van der Waals surface area (Å²) in [6.45, 7) is 0. The summed E-state index contributed by atoms with van der Waals surface area (Å²) in [5, 5.41) is 4.99. The zero-order chi connectivity index (χ0) is 17.8. The SMILES string of the molecule is COc1ccc(C(=O)Nc2nc(-c3ccc(F)cc3)cs2)c(OC)c1. The normalized spacial score (nSPS) is 10.4. The molecule has 0 saturated carbocycles. The number of aromatic nitrogens is 1. The molecule has 1 heterocycles. The summed E-state index contributed by atoms with van der Waals surface area (Å²) in [7, 11) is 3.03. The maximum atomic E-state index is 13.0. The van der Waals surface area contributed by atoms with Crippen LogP contribution in [-0.4, -0.2) is 25.1 Å². The van der Waals surface area contributed by atoms with E-state index in [1.54, 1.807) is 42.8 Å². The summed E-state index contributed by atoms with van der Waals surface area (Å²) in [5.41, 5.74) is 1.82. The van der Waals surface area contributed by atoms with E-state index in [2.05, 4.69) is 10.3 Å². The second-order valence-corrected chi connectivity index (χ2v) is 5.92. The van der Waals surface area contributed by atoms with Crippen molar-refractivity contribution >= 4 is 22.4 Å². The van der Waals surface area contributed by atoms with E-state index in [-0.39, 0.29) is 11.7 Å². The van der Waals surface area contributed by atoms with Gasteiger partial charge in [-0.2, -0.15) is 0 Å². The lowest BCUT2D eigenvalue weighted by Gasteiger charge is -2.09. The summed E-state index contributed by atoms with van der Waals surface area (Å²) >= 11 is 1.29. The van der Waals surface area contributed by atoms with E-state index in [9.17, 15) is 9.18 Å². The Kier molecular flexibility index (Phi) is 4.95. The molecule has 0 atom stereocenters. The number of nitrogens with zero attached hydrogens (tertiary/aromatic N) is 1. The van der Waals surface area contributed by atoms with E-state index in [1.807, 2.05) is 0 Å². The number of anilines is 1. The van der Waals surface area contributed by atoms with E-state index in [0.29, 0.717) is 27.9 Å². The van der Waals surface area contributed by atoms with Crippen LogP contribution in [0.15, 0.2) is 47.8 Å². The highest BCUT2D eigenvalue weighted by Crippen LogP contribution is 2.28. The Bertz CT molecular complexity index is 894. The summed E-state index contributed by atoms with van der Waals surface area (Å²) in [6.07, 6.45) is 0. The number of hydrogen-bond donors (Lipinski definition) is 1. The number of amides is 1. The lowest BCUT2D eigenvalue weighted by atomic mass is 10.2. The molecule has 0 aliphatic rings. The molecule has 3 aromatic rings. The number of thiazole rings is 1. The van der Waals surface area contributed by atoms with Gasteiger partial charge >= 0.3 is 0 Å². The van der Waals surface area contributed by atoms with Gasteiger partial charge in [-0.1, -0.05) is 0 Å². The molecule has 1 amide bonds. The van der Waals surface area contributed by atoms with Crippen molar-refractivity contribution < 1.29 is 18.7 Å². The van der Waals surface area contributed by atoms with Gasteiger partial charge in [0.1, 0.15) is 17.3 Å². The lowest BCUT2D eigenvalue weighted by Crippen LogP contribution is -2.13. The molecule has 0 bridgehead atoms. The van der Waals surface area contributed by atoms with Crippen LogP contribution < -0.4 is 14.8 Å². The minimum Gasteiger partial charge on any atom is -0.497 e. The Morgan fingerprint density at radius 1 is 1.12 bits per heavy atom. The number of ether oxygens (including phenoxy) is 2. The Labute approximate surface area is 148 Å². The first kappa shape index (κ1) is 16.9. The molecule has 0 aliphatic carbocycles. The summed E-state index contributed by atoms with van der Waals surface area (Å²) in [6, 6.07) is 11.0. The summed E-state index contributed by atoms with van der Waals surface area (Å²) < 4.78 is 23.4. The monoisotopic (exact) mass is 358 g/mol. The average Bonchev–Trinajstić information content (AvgIpc) is 3.10. The van der Waals surface area contributed by atoms with Crippen LogP contribution in [0.3, 0.4) is 0 Å². The highest BCUT2D eigenvalue weighted by Gasteiger charge is 2.15. The Morgan fingerprint density at radius 3 is 2.56 bits per heavy atom. The molecular weight excluding hydrogens is 343 g/mol. The third-order valence-electron chi connectivity index (χ3n) is 3.52. The maximum Gasteiger partial charge on any atom is 0.261 e. The second-order valence-electron chi connectivity index (χ2n) is 5.07. The third-order valence-corrected chi connectivity index (χ3v) is 4.28. The number of benzene rings is 2. The summed E-state index contributed by atoms with van der Waals surface area (Å²) in [5.74, 6) is 0.368. The molecule has 3 rings (SSSR count). The Hall–Kier alpha value is -2.93. The van der Waals surface area contributed by atoms with Crippen molar-refractivity contribution in [2.75, 3.05) is 19.5 Å². The van der Waals surface area contributed by atoms with Crippen molar-refractivity contribution in [2.45, 2.75) is 0 Å². The Balaban J connectivity index is 1.79. The number of methoxy groups -OCH3 is 2. The molecular formula is C18H15FN2O3S. The maximum absolute atomic E-state index is 13.0. The van der Waals surface area contributed by atoms with Crippen molar-refractivity contribution in [2.24, 2.45) is 0 Å². The number of nitrogens with one attached hydrogen (secondary N) is 1. The minimum absolute atomic E-state index is 0.306. The first-order valence-corrected chi connectivity index (χ1v) is 8.23. The Morgan fingerprint density at radius 2 is 1.88 bits per heavy atom. The topological polar surface area (TPSA) is 60.5 Å². The zero-order valence-corrected chi connectivity index (χ0v) is 14.4. The molecule has 0 aliphatic heterocycles. The predicted octanol–water partition coefficient (Wildman–Crippen LogP) is 4.22. The smallest absolute Gasteiger partial charge is 0.261 e. The van der Waals surface area contributed by atoms with E-state index < -0.39 is 0 Å². The first-order valence-electron chi connectivity index (χ1n) is 7.35. The van der Waals surface area contributed by atoms with Crippen LogP contribution in [0.5, 0.6) is 11.5 Å². The fourth-order valence-corrected chi connectivity index (χ4v) is 2.95. The van der Waals surface area contributed by atoms with E-state index >= 15 is 0 Å². The van der Waals surface area contributed by atoms with Crippen molar-refractivity contribution in [1.82, 2.24) is 4.98 Å². The number of carbonyl (C=O) groups is 1. The van der Waals surface area contributed by atoms with Gasteiger partial charge in [-0.15, -0.1) is 11.3 Å². The van der Waals surface area contributed by atoms with Crippen molar-refractivity contribution in [1.29, 1.82) is 0 Å². The van der Waals surface area contributed by atoms with Gasteiger partial charge in [0, 0.05) is 17.0 Å². The molecule has 0 radical (unpaired) electrons. The molecule has 0 spiro atoms. The van der Waals surface area contributed by atoms with E-state index in [0.717, 1.165) is 5.56 Å². The lowest BCUT2D eigenvalue weighted by molar-refractivity contribution is 0.102. The predicted molar refractivity (Wildman–Crippen MR) is 95.0 cm³/mol. The largest absolute Gasteiger partial charge is 0.497 e. The van der Waals surface area contributed by atoms with Crippen molar-refractivity contribution in [3.8, 4) is 22.8 Å². The van der Waals surface area contributed by atoms with Gasteiger partial charge in [0.2, 0.25) is 0 Å². The zero-order valence-electron chi connectivity index (χ0n) is 13.6. The highest BCUT2D eigenvalue weighted by molar-refractivity contribution is 7.14. The summed E-state index contributed by atoms with van der Waals surface area (Å²) in [4.78, 5) is 16.8. The van der Waals surface area contributed by atoms with Gasteiger partial charge in [0.15, 0.2) is 5.13 Å². The van der Waals surface area contributed by atoms with Crippen LogP contribution in [0.1, 0.15) is 10.4 Å². The van der Waals surface area contributed by atoms with Gasteiger partial charge in [-0.3, -0.25) is 10.1 Å². The molecule has 5 nitrogen and oxygen atoms in total. The molecule has 128 valence electrons. The number of carbonyl (C=O) groups excluding carboxylic acids is 1. The number of hydrogen-bond acceptors (Lipinski definition) is 5. The third kappa shape index (κ3) is 3.77. The minimum atomic E-state index is -0.334. The van der Waals surface area contributed by atoms with E-state index in [4.69, 9.17) is 9.47 Å². The van der Waals surface area contributed by atoms with Gasteiger partial charge in [-0.25, -0.2) is 9.37 Å². The van der Waals surface area contributed by atoms with Crippen LogP contribution in [0, 0.1) is 5.82 Å². The van der Waals surface area contributed by atoms with Crippen LogP contribution in [0.2, 0.25) is 0 Å². The van der Waals surface area contributed by atoms with Gasteiger partial charge in [0.05, 0.1) is 25.5 Å². The highest BCUT2D eigenvalue weighted by atomic mass is 32.1. The quantitative estimate of drug-likeness (QED) is 0.742. The fraction of sp³-hybridized carbons (Fsp3) is 0.111. The van der Waals surface area contributed by atoms with Gasteiger partial charge in [-0.05, 0) is 36.4 Å². The molecule has 7 heteroatoms. The van der Waals surface area contributed by atoms with Crippen LogP contribution in [-0.2, 0) is 0 Å². The average molecular weight is 358 g/mol. The fourth-order valence-electron chi connectivity index (χ4n) is 2.23. The van der Waals surface area contributed by atoms with Crippen LogP contribution >= 0.6 is 11.3 Å². The molecule has 2 aromatic carbocycles. The molecule has 0 saturated heterocycles. The van der Waals surface area contributed by atoms with Crippen LogP contribution in [0.25, 0.3) is 11.3 Å². The van der Waals surface area contributed by atoms with Gasteiger partial charge in [0.25, 0.3) is 5.91 Å². The van der Waals surface area contributed by atoms with Crippen LogP contribution in [0.4, 0.5) is 9.52 Å². The van der Waals surface area contributed by atoms with E-state index in [1.165, 1.54) is 30.6 Å². The molecule has 0 fully saturated rings. The van der Waals surface area contributed by atoms with Crippen molar-refractivity contribution in [3.05, 3.63) is 59.2 Å². The first-order chi connectivity index (χ1) is 12.1. The van der Waals surface area contributed by atoms with Crippen molar-refractivity contribution in [3.63, 3.8) is 0 Å².